The highest BCUT2D eigenvalue weighted by Gasteiger charge is 2.34. The molecule has 0 aliphatic rings. The highest BCUT2D eigenvalue weighted by Crippen LogP contribution is 2.15. The molecular formula is C14H18N4O3. The largest absolute Gasteiger partial charge is 0.480 e. The van der Waals surface area contributed by atoms with Crippen molar-refractivity contribution in [1.82, 2.24) is 19.9 Å². The SMILES string of the molecule is CCC(C)(NC(=O)c1cnn2c(C)cc(C)nc12)C(=O)O. The Morgan fingerprint density at radius 1 is 1.43 bits per heavy atom. The number of carboxylic acid groups (broad SMARTS) is 1. The highest BCUT2D eigenvalue weighted by molar-refractivity contribution is 6.02. The summed E-state index contributed by atoms with van der Waals surface area (Å²) in [7, 11) is 0. The van der Waals surface area contributed by atoms with Gasteiger partial charge in [0, 0.05) is 11.4 Å². The lowest BCUT2D eigenvalue weighted by molar-refractivity contribution is -0.143. The summed E-state index contributed by atoms with van der Waals surface area (Å²) in [6, 6.07) is 1.86. The number of aromatic nitrogens is 3. The summed E-state index contributed by atoms with van der Waals surface area (Å²) in [5.74, 6) is -1.57. The number of aryl methyl sites for hydroxylation is 2. The molecule has 112 valence electrons. The second-order valence-electron chi connectivity index (χ2n) is 5.28. The Kier molecular flexibility index (Phi) is 3.67. The van der Waals surface area contributed by atoms with Crippen molar-refractivity contribution < 1.29 is 14.7 Å². The summed E-state index contributed by atoms with van der Waals surface area (Å²) in [5, 5.41) is 15.9. The fourth-order valence-electron chi connectivity index (χ4n) is 2.04. The van der Waals surface area contributed by atoms with Gasteiger partial charge in [0.1, 0.15) is 11.1 Å². The van der Waals surface area contributed by atoms with Crippen LogP contribution in [0.4, 0.5) is 0 Å². The molecule has 0 aliphatic carbocycles. The van der Waals surface area contributed by atoms with Gasteiger partial charge in [0.05, 0.1) is 6.20 Å². The normalized spacial score (nSPS) is 13.9. The van der Waals surface area contributed by atoms with E-state index in [-0.39, 0.29) is 12.0 Å². The Balaban J connectivity index is 2.43. The van der Waals surface area contributed by atoms with Crippen molar-refractivity contribution in [2.24, 2.45) is 0 Å². The fourth-order valence-corrected chi connectivity index (χ4v) is 2.04. The van der Waals surface area contributed by atoms with E-state index in [1.54, 1.807) is 11.4 Å². The molecule has 2 rings (SSSR count). The second kappa shape index (κ2) is 5.16. The van der Waals surface area contributed by atoms with Gasteiger partial charge in [0.15, 0.2) is 5.65 Å². The Morgan fingerprint density at radius 3 is 2.67 bits per heavy atom. The highest BCUT2D eigenvalue weighted by atomic mass is 16.4. The molecule has 0 fully saturated rings. The Hall–Kier alpha value is -2.44. The summed E-state index contributed by atoms with van der Waals surface area (Å²) in [5.41, 5.74) is 1.00. The van der Waals surface area contributed by atoms with Crippen LogP contribution in [0.15, 0.2) is 12.3 Å². The summed E-state index contributed by atoms with van der Waals surface area (Å²) < 4.78 is 1.56. The van der Waals surface area contributed by atoms with Crippen molar-refractivity contribution in [1.29, 1.82) is 0 Å². The standard InChI is InChI=1S/C14H18N4O3/c1-5-14(4,13(20)21)17-12(19)10-7-15-18-9(3)6-8(2)16-11(10)18/h6-7H,5H2,1-4H3,(H,17,19)(H,20,21). The van der Waals surface area contributed by atoms with E-state index < -0.39 is 17.4 Å². The van der Waals surface area contributed by atoms with Gasteiger partial charge in [-0.15, -0.1) is 0 Å². The van der Waals surface area contributed by atoms with E-state index in [9.17, 15) is 14.7 Å². The first-order valence-electron chi connectivity index (χ1n) is 6.66. The van der Waals surface area contributed by atoms with Crippen LogP contribution in [0.2, 0.25) is 0 Å². The molecular weight excluding hydrogens is 272 g/mol. The zero-order valence-corrected chi connectivity index (χ0v) is 12.5. The quantitative estimate of drug-likeness (QED) is 0.885. The van der Waals surface area contributed by atoms with Gasteiger partial charge < -0.3 is 10.4 Å². The number of fused-ring (bicyclic) bond motifs is 1. The van der Waals surface area contributed by atoms with Crippen LogP contribution >= 0.6 is 0 Å². The number of nitrogens with zero attached hydrogens (tertiary/aromatic N) is 3. The number of carbonyl (C=O) groups is 2. The summed E-state index contributed by atoms with van der Waals surface area (Å²) >= 11 is 0. The number of hydrogen-bond donors (Lipinski definition) is 2. The van der Waals surface area contributed by atoms with E-state index in [2.05, 4.69) is 15.4 Å². The van der Waals surface area contributed by atoms with Crippen molar-refractivity contribution in [3.05, 3.63) is 29.2 Å². The minimum absolute atomic E-state index is 0.266. The molecule has 1 unspecified atom stereocenters. The molecule has 7 heteroatoms. The van der Waals surface area contributed by atoms with Gasteiger partial charge in [-0.25, -0.2) is 14.3 Å². The molecule has 0 aromatic carbocycles. The number of aliphatic carboxylic acids is 1. The fraction of sp³-hybridized carbons (Fsp3) is 0.429. The minimum atomic E-state index is -1.32. The van der Waals surface area contributed by atoms with Crippen molar-refractivity contribution in [3.63, 3.8) is 0 Å². The molecule has 21 heavy (non-hydrogen) atoms. The zero-order valence-electron chi connectivity index (χ0n) is 12.5. The maximum absolute atomic E-state index is 12.4. The lowest BCUT2D eigenvalue weighted by atomic mass is 9.99. The third kappa shape index (κ3) is 2.58. The number of rotatable bonds is 4. The predicted molar refractivity (Wildman–Crippen MR) is 76.3 cm³/mol. The zero-order chi connectivity index (χ0) is 15.8. The summed E-state index contributed by atoms with van der Waals surface area (Å²) in [6.07, 6.45) is 1.68. The lowest BCUT2D eigenvalue weighted by Gasteiger charge is -2.24. The number of amides is 1. The number of carbonyl (C=O) groups excluding carboxylic acids is 1. The topological polar surface area (TPSA) is 96.6 Å². The first kappa shape index (κ1) is 15.0. The monoisotopic (exact) mass is 290 g/mol. The first-order valence-corrected chi connectivity index (χ1v) is 6.66. The van der Waals surface area contributed by atoms with Crippen molar-refractivity contribution in [3.8, 4) is 0 Å². The van der Waals surface area contributed by atoms with Crippen LogP contribution in [-0.4, -0.2) is 37.1 Å². The van der Waals surface area contributed by atoms with Crippen molar-refractivity contribution >= 4 is 17.5 Å². The van der Waals surface area contributed by atoms with E-state index in [0.29, 0.717) is 5.65 Å². The number of carboxylic acids is 1. The summed E-state index contributed by atoms with van der Waals surface area (Å²) in [6.45, 7) is 6.87. The van der Waals surface area contributed by atoms with E-state index in [1.165, 1.54) is 13.1 Å². The molecule has 0 aliphatic heterocycles. The van der Waals surface area contributed by atoms with E-state index in [0.717, 1.165) is 11.4 Å². The average Bonchev–Trinajstić information content (AvgIpc) is 2.82. The van der Waals surface area contributed by atoms with Crippen LogP contribution in [0.5, 0.6) is 0 Å². The maximum atomic E-state index is 12.4. The van der Waals surface area contributed by atoms with E-state index in [1.807, 2.05) is 19.9 Å². The van der Waals surface area contributed by atoms with Crippen LogP contribution in [-0.2, 0) is 4.79 Å². The number of hydrogen-bond acceptors (Lipinski definition) is 4. The molecule has 0 saturated carbocycles. The smallest absolute Gasteiger partial charge is 0.329 e. The van der Waals surface area contributed by atoms with E-state index >= 15 is 0 Å². The van der Waals surface area contributed by atoms with Gasteiger partial charge in [-0.2, -0.15) is 5.10 Å². The Labute approximate surface area is 122 Å². The van der Waals surface area contributed by atoms with Crippen LogP contribution in [0.1, 0.15) is 42.0 Å². The average molecular weight is 290 g/mol. The minimum Gasteiger partial charge on any atom is -0.480 e. The van der Waals surface area contributed by atoms with Gasteiger partial charge in [-0.05, 0) is 33.3 Å². The van der Waals surface area contributed by atoms with Gasteiger partial charge in [0.25, 0.3) is 5.91 Å². The van der Waals surface area contributed by atoms with Crippen molar-refractivity contribution in [2.75, 3.05) is 0 Å². The second-order valence-corrected chi connectivity index (χ2v) is 5.28. The molecule has 0 spiro atoms. The lowest BCUT2D eigenvalue weighted by Crippen LogP contribution is -2.51. The van der Waals surface area contributed by atoms with Crippen LogP contribution in [0.3, 0.4) is 0 Å². The van der Waals surface area contributed by atoms with Crippen LogP contribution in [0.25, 0.3) is 5.65 Å². The van der Waals surface area contributed by atoms with Crippen LogP contribution in [0, 0.1) is 13.8 Å². The Bertz CT molecular complexity index is 722. The molecule has 0 bridgehead atoms. The molecule has 0 saturated heterocycles. The Morgan fingerprint density at radius 2 is 2.10 bits per heavy atom. The molecule has 2 heterocycles. The third-order valence-electron chi connectivity index (χ3n) is 3.59. The van der Waals surface area contributed by atoms with Crippen LogP contribution < -0.4 is 5.32 Å². The molecule has 7 nitrogen and oxygen atoms in total. The van der Waals surface area contributed by atoms with Gasteiger partial charge >= 0.3 is 5.97 Å². The van der Waals surface area contributed by atoms with Gasteiger partial charge in [0.2, 0.25) is 0 Å². The maximum Gasteiger partial charge on any atom is 0.329 e. The third-order valence-corrected chi connectivity index (χ3v) is 3.59. The molecule has 2 aromatic heterocycles. The molecule has 0 radical (unpaired) electrons. The molecule has 1 atom stereocenters. The molecule has 2 aromatic rings. The predicted octanol–water partition coefficient (Wildman–Crippen LogP) is 1.33. The van der Waals surface area contributed by atoms with Gasteiger partial charge in [-0.1, -0.05) is 6.92 Å². The van der Waals surface area contributed by atoms with Gasteiger partial charge in [-0.3, -0.25) is 4.79 Å². The molecule has 2 N–H and O–H groups in total. The van der Waals surface area contributed by atoms with Crippen molar-refractivity contribution in [2.45, 2.75) is 39.7 Å². The first-order chi connectivity index (χ1) is 9.78. The number of nitrogens with one attached hydrogen (secondary N) is 1. The summed E-state index contributed by atoms with van der Waals surface area (Å²) in [4.78, 5) is 27.9. The molecule has 1 amide bonds. The van der Waals surface area contributed by atoms with E-state index in [4.69, 9.17) is 0 Å².